The lowest BCUT2D eigenvalue weighted by Gasteiger charge is -2.35. The van der Waals surface area contributed by atoms with E-state index in [1.165, 1.54) is 11.8 Å². The minimum absolute atomic E-state index is 0.0352. The summed E-state index contributed by atoms with van der Waals surface area (Å²) in [4.78, 5) is 2.49. The summed E-state index contributed by atoms with van der Waals surface area (Å²) in [7, 11) is -3.13. The van der Waals surface area contributed by atoms with E-state index in [1.807, 2.05) is 0 Å². The average molecular weight is 330 g/mol. The van der Waals surface area contributed by atoms with Crippen molar-refractivity contribution in [3.63, 3.8) is 0 Å². The number of fused-ring (bicyclic) bond motifs is 1. The summed E-state index contributed by atoms with van der Waals surface area (Å²) in [6.07, 6.45) is 2.32. The molecule has 0 unspecified atom stereocenters. The second-order valence-electron chi connectivity index (χ2n) is 6.07. The quantitative estimate of drug-likeness (QED) is 0.879. The SMILES string of the molecule is CS(=O)(=O)NC[C@@H]1OC[C@@H]2CN(Cc3ccsc3)CC[C@@H]21. The summed E-state index contributed by atoms with van der Waals surface area (Å²) in [6.45, 7) is 4.29. The minimum Gasteiger partial charge on any atom is -0.376 e. The van der Waals surface area contributed by atoms with Crippen LogP contribution in [0.3, 0.4) is 0 Å². The Hall–Kier alpha value is -0.470. The molecule has 1 N–H and O–H groups in total. The van der Waals surface area contributed by atoms with Crippen LogP contribution in [0.5, 0.6) is 0 Å². The van der Waals surface area contributed by atoms with Gasteiger partial charge in [0.25, 0.3) is 0 Å². The number of piperidine rings is 1. The number of nitrogens with one attached hydrogen (secondary N) is 1. The second kappa shape index (κ2) is 6.34. The van der Waals surface area contributed by atoms with E-state index in [2.05, 4.69) is 26.4 Å². The predicted molar refractivity (Wildman–Crippen MR) is 83.8 cm³/mol. The van der Waals surface area contributed by atoms with E-state index in [0.717, 1.165) is 32.7 Å². The summed E-state index contributed by atoms with van der Waals surface area (Å²) in [5, 5.41) is 4.32. The highest BCUT2D eigenvalue weighted by atomic mass is 32.2. The first-order chi connectivity index (χ1) is 10.0. The lowest BCUT2D eigenvalue weighted by Crippen LogP contribution is -2.43. The molecular weight excluding hydrogens is 308 g/mol. The summed E-state index contributed by atoms with van der Waals surface area (Å²) < 4.78 is 30.8. The van der Waals surface area contributed by atoms with Gasteiger partial charge < -0.3 is 4.74 Å². The van der Waals surface area contributed by atoms with Gasteiger partial charge in [-0.2, -0.15) is 11.3 Å². The van der Waals surface area contributed by atoms with E-state index in [4.69, 9.17) is 4.74 Å². The van der Waals surface area contributed by atoms with Crippen LogP contribution >= 0.6 is 11.3 Å². The van der Waals surface area contributed by atoms with Crippen LogP contribution < -0.4 is 4.72 Å². The maximum atomic E-state index is 11.2. The Bertz CT molecular complexity index is 559. The van der Waals surface area contributed by atoms with Gasteiger partial charge in [-0.05, 0) is 41.3 Å². The maximum Gasteiger partial charge on any atom is 0.208 e. The highest BCUT2D eigenvalue weighted by Gasteiger charge is 2.40. The van der Waals surface area contributed by atoms with E-state index in [1.54, 1.807) is 11.3 Å². The standard InChI is InChI=1S/C14H22N2O3S2/c1-21(17,18)15-6-14-13-2-4-16(8-12(13)9-19-14)7-11-3-5-20-10-11/h3,5,10,12-15H,2,4,6-9H2,1H3/t12-,13-,14-/m0/s1. The number of thiophene rings is 1. The molecular formula is C14H22N2O3S2. The molecule has 0 bridgehead atoms. The van der Waals surface area contributed by atoms with E-state index < -0.39 is 10.0 Å². The lowest BCUT2D eigenvalue weighted by atomic mass is 9.84. The van der Waals surface area contributed by atoms with Crippen molar-refractivity contribution in [2.75, 3.05) is 32.5 Å². The summed E-state index contributed by atoms with van der Waals surface area (Å²) in [5.74, 6) is 1.02. The van der Waals surface area contributed by atoms with Gasteiger partial charge in [-0.1, -0.05) is 0 Å². The molecule has 2 aliphatic rings. The van der Waals surface area contributed by atoms with Gasteiger partial charge >= 0.3 is 0 Å². The number of sulfonamides is 1. The van der Waals surface area contributed by atoms with Crippen LogP contribution in [0, 0.1) is 11.8 Å². The van der Waals surface area contributed by atoms with Gasteiger partial charge in [0.1, 0.15) is 0 Å². The van der Waals surface area contributed by atoms with Crippen LogP contribution in [0.1, 0.15) is 12.0 Å². The molecule has 7 heteroatoms. The summed E-state index contributed by atoms with van der Waals surface area (Å²) >= 11 is 1.74. The summed E-state index contributed by atoms with van der Waals surface area (Å²) in [5.41, 5.74) is 1.38. The second-order valence-corrected chi connectivity index (χ2v) is 8.68. The van der Waals surface area contributed by atoms with Crippen LogP contribution in [0.25, 0.3) is 0 Å². The van der Waals surface area contributed by atoms with Crippen molar-refractivity contribution in [1.29, 1.82) is 0 Å². The number of nitrogens with zero attached hydrogens (tertiary/aromatic N) is 1. The van der Waals surface area contributed by atoms with Crippen molar-refractivity contribution >= 4 is 21.4 Å². The van der Waals surface area contributed by atoms with Crippen molar-refractivity contribution in [3.8, 4) is 0 Å². The molecule has 1 aromatic heterocycles. The van der Waals surface area contributed by atoms with Crippen LogP contribution in [-0.2, 0) is 21.3 Å². The largest absolute Gasteiger partial charge is 0.376 e. The van der Waals surface area contributed by atoms with Gasteiger partial charge in [-0.3, -0.25) is 4.90 Å². The molecule has 3 heterocycles. The van der Waals surface area contributed by atoms with Crippen molar-refractivity contribution in [1.82, 2.24) is 9.62 Å². The van der Waals surface area contributed by atoms with Crippen LogP contribution in [0.2, 0.25) is 0 Å². The predicted octanol–water partition coefficient (Wildman–Crippen LogP) is 1.13. The number of ether oxygens (including phenoxy) is 1. The fourth-order valence-corrected chi connectivity index (χ4v) is 4.52. The number of rotatable bonds is 5. The number of hydrogen-bond acceptors (Lipinski definition) is 5. The zero-order chi connectivity index (χ0) is 14.9. The maximum absolute atomic E-state index is 11.2. The zero-order valence-electron chi connectivity index (χ0n) is 12.2. The van der Waals surface area contributed by atoms with Gasteiger partial charge in [0, 0.05) is 25.6 Å². The molecule has 2 saturated heterocycles. The topological polar surface area (TPSA) is 58.6 Å². The molecule has 118 valence electrons. The first-order valence-corrected chi connectivity index (χ1v) is 10.1. The molecule has 3 atom stereocenters. The monoisotopic (exact) mass is 330 g/mol. The number of likely N-dealkylation sites (tertiary alicyclic amines) is 1. The van der Waals surface area contributed by atoms with Gasteiger partial charge in [0.05, 0.1) is 19.0 Å². The van der Waals surface area contributed by atoms with Crippen LogP contribution in [0.15, 0.2) is 16.8 Å². The van der Waals surface area contributed by atoms with Gasteiger partial charge in [-0.25, -0.2) is 13.1 Å². The van der Waals surface area contributed by atoms with Gasteiger partial charge in [-0.15, -0.1) is 0 Å². The molecule has 2 aliphatic heterocycles. The Morgan fingerprint density at radius 3 is 3.10 bits per heavy atom. The molecule has 0 spiro atoms. The van der Waals surface area contributed by atoms with Crippen LogP contribution in [-0.4, -0.2) is 51.9 Å². The Kier molecular flexibility index (Phi) is 4.66. The highest BCUT2D eigenvalue weighted by Crippen LogP contribution is 2.34. The number of hydrogen-bond donors (Lipinski definition) is 1. The molecule has 21 heavy (non-hydrogen) atoms. The lowest BCUT2D eigenvalue weighted by molar-refractivity contribution is 0.0885. The van der Waals surface area contributed by atoms with Gasteiger partial charge in [0.15, 0.2) is 0 Å². The van der Waals surface area contributed by atoms with Crippen molar-refractivity contribution < 1.29 is 13.2 Å². The molecule has 3 rings (SSSR count). The molecule has 5 nitrogen and oxygen atoms in total. The van der Waals surface area contributed by atoms with Crippen LogP contribution in [0.4, 0.5) is 0 Å². The fraction of sp³-hybridized carbons (Fsp3) is 0.714. The molecule has 0 radical (unpaired) electrons. The Balaban J connectivity index is 1.52. The highest BCUT2D eigenvalue weighted by molar-refractivity contribution is 7.88. The summed E-state index contributed by atoms with van der Waals surface area (Å²) in [6, 6.07) is 2.18. The van der Waals surface area contributed by atoms with E-state index in [-0.39, 0.29) is 6.10 Å². The van der Waals surface area contributed by atoms with Crippen molar-refractivity contribution in [3.05, 3.63) is 22.4 Å². The first-order valence-electron chi connectivity index (χ1n) is 7.31. The molecule has 2 fully saturated rings. The molecule has 0 aromatic carbocycles. The fourth-order valence-electron chi connectivity index (χ4n) is 3.39. The molecule has 1 aromatic rings. The first kappa shape index (κ1) is 15.4. The average Bonchev–Trinajstić information content (AvgIpc) is 3.04. The Morgan fingerprint density at radius 1 is 1.52 bits per heavy atom. The molecule has 0 aliphatic carbocycles. The third-order valence-corrected chi connectivity index (χ3v) is 5.83. The smallest absolute Gasteiger partial charge is 0.208 e. The molecule has 0 amide bonds. The van der Waals surface area contributed by atoms with Gasteiger partial charge in [0.2, 0.25) is 10.0 Å². The third kappa shape index (κ3) is 4.04. The Labute approximate surface area is 130 Å². The Morgan fingerprint density at radius 2 is 2.38 bits per heavy atom. The molecule has 0 saturated carbocycles. The van der Waals surface area contributed by atoms with E-state index in [0.29, 0.717) is 18.4 Å². The van der Waals surface area contributed by atoms with Crippen molar-refractivity contribution in [2.24, 2.45) is 11.8 Å². The minimum atomic E-state index is -3.13. The van der Waals surface area contributed by atoms with E-state index in [9.17, 15) is 8.42 Å². The van der Waals surface area contributed by atoms with Crippen molar-refractivity contribution in [2.45, 2.75) is 19.1 Å². The third-order valence-electron chi connectivity index (χ3n) is 4.41. The van der Waals surface area contributed by atoms with E-state index >= 15 is 0 Å². The normalized spacial score (nSPS) is 30.4. The zero-order valence-corrected chi connectivity index (χ0v) is 13.8.